The van der Waals surface area contributed by atoms with Gasteiger partial charge in [0.05, 0.1) is 22.2 Å². The Bertz CT molecular complexity index is 4780. The average Bonchev–Trinajstić information content (AvgIpc) is 4.36. The summed E-state index contributed by atoms with van der Waals surface area (Å²) in [4.78, 5) is 2.50. The van der Waals surface area contributed by atoms with Crippen LogP contribution < -0.4 is 4.90 Å². The van der Waals surface area contributed by atoms with E-state index in [4.69, 9.17) is 4.42 Å². The number of furan rings is 1. The molecule has 3 heteroatoms. The second kappa shape index (κ2) is 15.8. The van der Waals surface area contributed by atoms with Gasteiger partial charge in [0.1, 0.15) is 11.2 Å². The molecule has 2 aliphatic carbocycles. The molecule has 0 saturated heterocycles. The van der Waals surface area contributed by atoms with E-state index in [2.05, 4.69) is 269 Å². The van der Waals surface area contributed by atoms with Gasteiger partial charge in [-0.05, 0) is 150 Å². The van der Waals surface area contributed by atoms with Crippen LogP contribution in [0.3, 0.4) is 0 Å². The van der Waals surface area contributed by atoms with Gasteiger partial charge < -0.3 is 13.7 Å². The van der Waals surface area contributed by atoms with Gasteiger partial charge in [-0.3, -0.25) is 0 Å². The summed E-state index contributed by atoms with van der Waals surface area (Å²) in [5.74, 6) is 0.405. The largest absolute Gasteiger partial charge is 0.456 e. The fraction of sp³-hybridized carbons (Fsp3) is 0.135. The first-order valence-corrected chi connectivity index (χ1v) is 27.5. The second-order valence-corrected chi connectivity index (χ2v) is 23.4. The highest BCUT2D eigenvalue weighted by Gasteiger charge is 2.38. The van der Waals surface area contributed by atoms with Gasteiger partial charge >= 0.3 is 0 Å². The molecule has 1 unspecified atom stereocenters. The number of nitrogens with zero attached hydrogens (tertiary/aromatic N) is 2. The van der Waals surface area contributed by atoms with Crippen molar-refractivity contribution in [1.29, 1.82) is 0 Å². The van der Waals surface area contributed by atoms with Crippen LogP contribution in [0.4, 0.5) is 17.1 Å². The van der Waals surface area contributed by atoms with Crippen LogP contribution in [-0.4, -0.2) is 4.40 Å². The number of anilines is 3. The maximum absolute atomic E-state index is 7.07. The molecule has 77 heavy (non-hydrogen) atoms. The fourth-order valence-electron chi connectivity index (χ4n) is 14.4. The molecule has 0 N–H and O–H groups in total. The van der Waals surface area contributed by atoms with Crippen LogP contribution in [-0.2, 0) is 10.8 Å². The van der Waals surface area contributed by atoms with Crippen LogP contribution >= 0.6 is 0 Å². The van der Waals surface area contributed by atoms with Crippen LogP contribution in [0.25, 0.3) is 93.1 Å². The maximum atomic E-state index is 7.07. The van der Waals surface area contributed by atoms with Crippen molar-refractivity contribution in [2.24, 2.45) is 0 Å². The number of aromatic nitrogens is 1. The van der Waals surface area contributed by atoms with Crippen LogP contribution in [0.1, 0.15) is 97.9 Å². The zero-order chi connectivity index (χ0) is 51.6. The van der Waals surface area contributed by atoms with Gasteiger partial charge in [-0.1, -0.05) is 193 Å². The molecule has 1 atom stereocenters. The Hall–Kier alpha value is -8.92. The highest BCUT2D eigenvalue weighted by atomic mass is 16.3. The Morgan fingerprint density at radius 3 is 1.73 bits per heavy atom. The minimum Gasteiger partial charge on any atom is -0.456 e. The van der Waals surface area contributed by atoms with Crippen LogP contribution in [0.2, 0.25) is 0 Å². The van der Waals surface area contributed by atoms with Crippen molar-refractivity contribution in [3.8, 4) is 22.3 Å². The van der Waals surface area contributed by atoms with Crippen molar-refractivity contribution in [2.75, 3.05) is 4.90 Å². The lowest BCUT2D eigenvalue weighted by Crippen LogP contribution is -2.16. The van der Waals surface area contributed by atoms with E-state index in [0.717, 1.165) is 33.3 Å². The molecule has 0 radical (unpaired) electrons. The Kier molecular flexibility index (Phi) is 9.12. The summed E-state index contributed by atoms with van der Waals surface area (Å²) in [5, 5.41) is 9.70. The van der Waals surface area contributed by atoms with Gasteiger partial charge in [-0.2, -0.15) is 0 Å². The number of benzene rings is 11. The molecule has 0 bridgehead atoms. The summed E-state index contributed by atoms with van der Waals surface area (Å²) < 4.78 is 9.62. The van der Waals surface area contributed by atoms with E-state index in [9.17, 15) is 0 Å². The predicted octanol–water partition coefficient (Wildman–Crippen LogP) is 20.3. The van der Waals surface area contributed by atoms with E-state index in [1.165, 1.54) is 121 Å². The lowest BCUT2D eigenvalue weighted by atomic mass is 9.79. The predicted molar refractivity (Wildman–Crippen MR) is 324 cm³/mol. The minimum atomic E-state index is -0.135. The van der Waals surface area contributed by atoms with Gasteiger partial charge in [0, 0.05) is 60.4 Å². The first-order valence-electron chi connectivity index (χ1n) is 27.5. The first kappa shape index (κ1) is 44.4. The molecule has 0 spiro atoms. The SMILES string of the molecule is CC(C)c1ccc2c(c1)c1c(N(c3ccccc3)c3ccc4c(c3)C(C)(C)c3ccccc3-4)ccc3c4c5cc6oc7cc(C(c8ccccc8)c8ccc9c(c8)C(C)(C)c8ccccc8-9)ccc7c6cc5ccc4n2c31. The van der Waals surface area contributed by atoms with E-state index in [1.54, 1.807) is 0 Å². The number of para-hydroxylation sites is 1. The Morgan fingerprint density at radius 1 is 0.390 bits per heavy atom. The van der Waals surface area contributed by atoms with Gasteiger partial charge in [-0.25, -0.2) is 0 Å². The van der Waals surface area contributed by atoms with Crippen molar-refractivity contribution >= 4 is 87.9 Å². The third kappa shape index (κ3) is 6.14. The average molecular weight is 989 g/mol. The van der Waals surface area contributed by atoms with Crippen molar-refractivity contribution in [1.82, 2.24) is 4.40 Å². The van der Waals surface area contributed by atoms with E-state index in [-0.39, 0.29) is 16.7 Å². The standard InChI is InChI=1S/C74H56N2O/c1-43(2)45-27-34-64-59(37-45)71-66(75(49-19-11-8-12-20-49)50-29-32-54-52-22-14-16-24-61(52)74(5,6)63(54)41-50)36-33-56-70-57-42-68-58(38-46(57)28-35-65(70)76(64)72(56)71)55-31-26-48(40-67(55)77-68)69(44-17-9-7-10-18-44)47-25-30-53-51-21-13-15-23-60(51)73(3,4)62(53)39-47/h7-43,69H,1-6H3. The van der Waals surface area contributed by atoms with Crippen LogP contribution in [0, 0.1) is 0 Å². The summed E-state index contributed by atoms with van der Waals surface area (Å²) in [6.45, 7) is 14.1. The lowest BCUT2D eigenvalue weighted by molar-refractivity contribution is 0.658. The van der Waals surface area contributed by atoms with Crippen molar-refractivity contribution in [3.63, 3.8) is 0 Å². The first-order chi connectivity index (χ1) is 37.5. The smallest absolute Gasteiger partial charge is 0.136 e. The summed E-state index contributed by atoms with van der Waals surface area (Å²) in [7, 11) is 0. The lowest BCUT2D eigenvalue weighted by Gasteiger charge is -2.29. The molecule has 0 amide bonds. The van der Waals surface area contributed by atoms with Gasteiger partial charge in [0.15, 0.2) is 0 Å². The van der Waals surface area contributed by atoms with Gasteiger partial charge in [0.25, 0.3) is 0 Å². The monoisotopic (exact) mass is 988 g/mol. The number of hydrogen-bond donors (Lipinski definition) is 0. The van der Waals surface area contributed by atoms with Crippen molar-refractivity contribution in [3.05, 3.63) is 263 Å². The van der Waals surface area contributed by atoms with E-state index in [1.807, 2.05) is 0 Å². The number of rotatable bonds is 7. The molecule has 3 nitrogen and oxygen atoms in total. The van der Waals surface area contributed by atoms with Crippen molar-refractivity contribution < 1.29 is 4.42 Å². The Morgan fingerprint density at radius 2 is 0.987 bits per heavy atom. The zero-order valence-corrected chi connectivity index (χ0v) is 44.2. The van der Waals surface area contributed by atoms with Gasteiger partial charge in [0.2, 0.25) is 0 Å². The maximum Gasteiger partial charge on any atom is 0.136 e. The van der Waals surface area contributed by atoms with Crippen LogP contribution in [0.5, 0.6) is 0 Å². The molecule has 3 heterocycles. The highest BCUT2D eigenvalue weighted by Crippen LogP contribution is 2.54. The normalized spacial score (nSPS) is 14.6. The Balaban J connectivity index is 0.887. The molecule has 368 valence electrons. The van der Waals surface area contributed by atoms with E-state index < -0.39 is 0 Å². The number of fused-ring (bicyclic) bond motifs is 17. The van der Waals surface area contributed by atoms with E-state index >= 15 is 0 Å². The molecule has 0 saturated carbocycles. The third-order valence-electron chi connectivity index (χ3n) is 18.2. The second-order valence-electron chi connectivity index (χ2n) is 23.4. The quantitative estimate of drug-likeness (QED) is 0.148. The molecule has 0 aliphatic heterocycles. The molecular formula is C74H56N2O. The fourth-order valence-corrected chi connectivity index (χ4v) is 14.4. The minimum absolute atomic E-state index is 0.0251. The molecule has 11 aromatic carbocycles. The summed E-state index contributed by atoms with van der Waals surface area (Å²) >= 11 is 0. The molecule has 0 fully saturated rings. The van der Waals surface area contributed by atoms with E-state index in [0.29, 0.717) is 5.92 Å². The Labute approximate surface area is 448 Å². The molecule has 2 aliphatic rings. The molecular weight excluding hydrogens is 933 g/mol. The summed E-state index contributed by atoms with van der Waals surface area (Å²) in [6, 6.07) is 82.3. The summed E-state index contributed by atoms with van der Waals surface area (Å²) in [6.07, 6.45) is 0. The number of hydrogen-bond acceptors (Lipinski definition) is 2. The molecule has 3 aromatic heterocycles. The molecule has 14 aromatic rings. The summed E-state index contributed by atoms with van der Waals surface area (Å²) in [5.41, 5.74) is 24.7. The molecule has 16 rings (SSSR count). The topological polar surface area (TPSA) is 20.8 Å². The third-order valence-corrected chi connectivity index (χ3v) is 18.2. The van der Waals surface area contributed by atoms with Gasteiger partial charge in [-0.15, -0.1) is 0 Å². The van der Waals surface area contributed by atoms with Crippen molar-refractivity contribution in [2.45, 2.75) is 64.2 Å². The highest BCUT2D eigenvalue weighted by molar-refractivity contribution is 6.32. The van der Waals surface area contributed by atoms with Crippen LogP contribution in [0.15, 0.2) is 223 Å². The zero-order valence-electron chi connectivity index (χ0n) is 44.2.